The standard InChI is InChI=1S/C13H18F2N4O/c1-3-9-10(7-16)13(18-17-11(9)4-2)19(5-6-20)8-12(14)15/h12,20H,3-6,8H2,1-2H3. The molecule has 0 fully saturated rings. The number of rotatable bonds is 7. The summed E-state index contributed by atoms with van der Waals surface area (Å²) in [4.78, 5) is 1.20. The maximum Gasteiger partial charge on any atom is 0.255 e. The summed E-state index contributed by atoms with van der Waals surface area (Å²) in [5.41, 5.74) is 1.71. The van der Waals surface area contributed by atoms with Gasteiger partial charge in [0.2, 0.25) is 0 Å². The van der Waals surface area contributed by atoms with Gasteiger partial charge in [0.05, 0.1) is 18.8 Å². The average molecular weight is 284 g/mol. The summed E-state index contributed by atoms with van der Waals surface area (Å²) in [5, 5.41) is 26.2. The SMILES string of the molecule is CCc1nnc(N(CCO)CC(F)F)c(C#N)c1CC. The van der Waals surface area contributed by atoms with E-state index in [9.17, 15) is 14.0 Å². The van der Waals surface area contributed by atoms with Gasteiger partial charge in [-0.15, -0.1) is 5.10 Å². The number of alkyl halides is 2. The van der Waals surface area contributed by atoms with Gasteiger partial charge in [0.25, 0.3) is 6.43 Å². The molecule has 1 rings (SSSR count). The van der Waals surface area contributed by atoms with Gasteiger partial charge in [0.1, 0.15) is 11.6 Å². The van der Waals surface area contributed by atoms with E-state index in [-0.39, 0.29) is 24.5 Å². The van der Waals surface area contributed by atoms with Crippen LogP contribution in [0.2, 0.25) is 0 Å². The first-order chi connectivity index (χ1) is 9.58. The number of anilines is 1. The second-order valence-electron chi connectivity index (χ2n) is 4.20. The molecular formula is C13H18F2N4O. The maximum atomic E-state index is 12.6. The largest absolute Gasteiger partial charge is 0.395 e. The molecule has 0 saturated heterocycles. The number of aryl methyl sites for hydroxylation is 1. The zero-order valence-corrected chi connectivity index (χ0v) is 11.6. The molecule has 1 heterocycles. The van der Waals surface area contributed by atoms with Crippen molar-refractivity contribution in [2.75, 3.05) is 24.6 Å². The second kappa shape index (κ2) is 7.70. The van der Waals surface area contributed by atoms with Crippen molar-refractivity contribution >= 4 is 5.82 Å². The lowest BCUT2D eigenvalue weighted by atomic mass is 10.0. The number of aliphatic hydroxyl groups excluding tert-OH is 1. The molecule has 110 valence electrons. The van der Waals surface area contributed by atoms with Crippen LogP contribution in [0.1, 0.15) is 30.7 Å². The average Bonchev–Trinajstić information content (AvgIpc) is 2.44. The molecule has 0 amide bonds. The lowest BCUT2D eigenvalue weighted by molar-refractivity contribution is 0.152. The molecule has 0 unspecified atom stereocenters. The third-order valence-electron chi connectivity index (χ3n) is 2.97. The van der Waals surface area contributed by atoms with Crippen LogP contribution in [-0.4, -0.2) is 41.4 Å². The van der Waals surface area contributed by atoms with E-state index in [1.165, 1.54) is 4.90 Å². The molecule has 5 nitrogen and oxygen atoms in total. The van der Waals surface area contributed by atoms with E-state index in [0.29, 0.717) is 18.5 Å². The quantitative estimate of drug-likeness (QED) is 0.822. The first-order valence-corrected chi connectivity index (χ1v) is 6.51. The Hall–Kier alpha value is -1.81. The Morgan fingerprint density at radius 2 is 2.00 bits per heavy atom. The molecule has 1 N–H and O–H groups in total. The third kappa shape index (κ3) is 3.61. The molecule has 0 radical (unpaired) electrons. The third-order valence-corrected chi connectivity index (χ3v) is 2.97. The van der Waals surface area contributed by atoms with Crippen LogP contribution in [0.3, 0.4) is 0 Å². The minimum absolute atomic E-state index is 0.0116. The number of hydrogen-bond donors (Lipinski definition) is 1. The Bertz CT molecular complexity index is 488. The predicted octanol–water partition coefficient (Wildman–Crippen LogP) is 1.54. The summed E-state index contributed by atoms with van der Waals surface area (Å²) in [7, 11) is 0. The molecule has 0 aliphatic rings. The van der Waals surface area contributed by atoms with Crippen molar-refractivity contribution in [2.24, 2.45) is 0 Å². The monoisotopic (exact) mass is 284 g/mol. The molecule has 0 spiro atoms. The molecule has 0 bridgehead atoms. The minimum atomic E-state index is -2.58. The Morgan fingerprint density at radius 1 is 1.30 bits per heavy atom. The summed E-state index contributed by atoms with van der Waals surface area (Å²) < 4.78 is 25.2. The lowest BCUT2D eigenvalue weighted by Crippen LogP contribution is -2.33. The van der Waals surface area contributed by atoms with Gasteiger partial charge in [-0.1, -0.05) is 13.8 Å². The van der Waals surface area contributed by atoms with Crippen LogP contribution in [0.15, 0.2) is 0 Å². The summed E-state index contributed by atoms with van der Waals surface area (Å²) >= 11 is 0. The zero-order chi connectivity index (χ0) is 15.1. The first kappa shape index (κ1) is 16.2. The van der Waals surface area contributed by atoms with Gasteiger partial charge in [0, 0.05) is 6.54 Å². The Morgan fingerprint density at radius 3 is 2.45 bits per heavy atom. The van der Waals surface area contributed by atoms with Crippen LogP contribution in [0.25, 0.3) is 0 Å². The highest BCUT2D eigenvalue weighted by molar-refractivity contribution is 5.58. The fraction of sp³-hybridized carbons (Fsp3) is 0.615. The van der Waals surface area contributed by atoms with Gasteiger partial charge in [0.15, 0.2) is 5.82 Å². The summed E-state index contributed by atoms with van der Waals surface area (Å²) in [6.45, 7) is 2.88. The van der Waals surface area contributed by atoms with Crippen LogP contribution < -0.4 is 4.90 Å². The normalized spacial score (nSPS) is 10.7. The smallest absolute Gasteiger partial charge is 0.255 e. The molecular weight excluding hydrogens is 266 g/mol. The van der Waals surface area contributed by atoms with Gasteiger partial charge in [-0.2, -0.15) is 10.4 Å². The lowest BCUT2D eigenvalue weighted by Gasteiger charge is -2.24. The van der Waals surface area contributed by atoms with Crippen molar-refractivity contribution in [3.8, 4) is 6.07 Å². The van der Waals surface area contributed by atoms with Crippen molar-refractivity contribution in [2.45, 2.75) is 33.1 Å². The Kier molecular flexibility index (Phi) is 6.25. The molecule has 0 aromatic carbocycles. The number of aromatic nitrogens is 2. The van der Waals surface area contributed by atoms with E-state index in [2.05, 4.69) is 10.2 Å². The van der Waals surface area contributed by atoms with Crippen molar-refractivity contribution in [1.29, 1.82) is 5.26 Å². The van der Waals surface area contributed by atoms with Crippen LogP contribution in [0, 0.1) is 11.3 Å². The minimum Gasteiger partial charge on any atom is -0.395 e. The number of aliphatic hydroxyl groups is 1. The number of nitriles is 1. The summed E-state index contributed by atoms with van der Waals surface area (Å²) in [6, 6.07) is 2.03. The van der Waals surface area contributed by atoms with Gasteiger partial charge in [-0.25, -0.2) is 8.78 Å². The van der Waals surface area contributed by atoms with Crippen molar-refractivity contribution in [1.82, 2.24) is 10.2 Å². The summed E-state index contributed by atoms with van der Waals surface area (Å²) in [5.74, 6) is 0.121. The first-order valence-electron chi connectivity index (χ1n) is 6.51. The van der Waals surface area contributed by atoms with Gasteiger partial charge < -0.3 is 10.0 Å². The number of hydrogen-bond acceptors (Lipinski definition) is 5. The molecule has 0 atom stereocenters. The van der Waals surface area contributed by atoms with Crippen LogP contribution in [-0.2, 0) is 12.8 Å². The van der Waals surface area contributed by atoms with E-state index < -0.39 is 13.0 Å². The molecule has 0 saturated carbocycles. The van der Waals surface area contributed by atoms with Crippen molar-refractivity contribution in [3.05, 3.63) is 16.8 Å². The Labute approximate surface area is 116 Å². The molecule has 0 aliphatic carbocycles. The molecule has 7 heteroatoms. The number of nitrogens with zero attached hydrogens (tertiary/aromatic N) is 4. The Balaban J connectivity index is 3.31. The topological polar surface area (TPSA) is 73.0 Å². The maximum absolute atomic E-state index is 12.6. The second-order valence-corrected chi connectivity index (χ2v) is 4.20. The van der Waals surface area contributed by atoms with Crippen molar-refractivity contribution < 1.29 is 13.9 Å². The van der Waals surface area contributed by atoms with Gasteiger partial charge in [-0.05, 0) is 18.4 Å². The fourth-order valence-electron chi connectivity index (χ4n) is 2.07. The van der Waals surface area contributed by atoms with Gasteiger partial charge in [-0.3, -0.25) is 0 Å². The van der Waals surface area contributed by atoms with Crippen LogP contribution in [0.5, 0.6) is 0 Å². The molecule has 20 heavy (non-hydrogen) atoms. The highest BCUT2D eigenvalue weighted by Crippen LogP contribution is 2.23. The predicted molar refractivity (Wildman–Crippen MR) is 70.8 cm³/mol. The molecule has 1 aromatic heterocycles. The van der Waals surface area contributed by atoms with Crippen LogP contribution in [0.4, 0.5) is 14.6 Å². The van der Waals surface area contributed by atoms with Gasteiger partial charge >= 0.3 is 0 Å². The van der Waals surface area contributed by atoms with E-state index in [1.807, 2.05) is 19.9 Å². The number of halogens is 2. The molecule has 0 aliphatic heterocycles. The van der Waals surface area contributed by atoms with E-state index in [1.54, 1.807) is 0 Å². The summed E-state index contributed by atoms with van der Waals surface area (Å²) in [6.07, 6.45) is -1.37. The zero-order valence-electron chi connectivity index (χ0n) is 11.6. The van der Waals surface area contributed by atoms with Crippen LogP contribution >= 0.6 is 0 Å². The van der Waals surface area contributed by atoms with Crippen molar-refractivity contribution in [3.63, 3.8) is 0 Å². The highest BCUT2D eigenvalue weighted by atomic mass is 19.3. The highest BCUT2D eigenvalue weighted by Gasteiger charge is 2.21. The van der Waals surface area contributed by atoms with E-state index >= 15 is 0 Å². The fourth-order valence-corrected chi connectivity index (χ4v) is 2.07. The van der Waals surface area contributed by atoms with E-state index in [0.717, 1.165) is 5.56 Å². The van der Waals surface area contributed by atoms with E-state index in [4.69, 9.17) is 5.11 Å². The molecule has 1 aromatic rings.